The topological polar surface area (TPSA) is 115 Å². The van der Waals surface area contributed by atoms with E-state index in [0.717, 1.165) is 16.5 Å². The molecular weight excluding hydrogens is 542 g/mol. The van der Waals surface area contributed by atoms with Crippen molar-refractivity contribution in [1.82, 2.24) is 9.71 Å². The lowest BCUT2D eigenvalue weighted by Gasteiger charge is -2.19. The molecule has 0 atom stereocenters. The number of benzene rings is 3. The summed E-state index contributed by atoms with van der Waals surface area (Å²) >= 11 is 0. The Labute approximate surface area is 239 Å². The van der Waals surface area contributed by atoms with Gasteiger partial charge in [-0.15, -0.1) is 0 Å². The highest BCUT2D eigenvalue weighted by Gasteiger charge is 2.37. The number of pyridine rings is 1. The van der Waals surface area contributed by atoms with Gasteiger partial charge in [-0.3, -0.25) is 19.3 Å². The minimum atomic E-state index is -3.92. The molecule has 212 valence electrons. The fraction of sp³-hybridized carbons (Fsp3) is 0.258. The van der Waals surface area contributed by atoms with Gasteiger partial charge in [0.1, 0.15) is 11.3 Å². The SMILES string of the molecule is CCOc1c2c(c(OCC)c3ncccc13)C(=O)N(c1ccc(CS(=O)(=O)NC(=O)Cc3ccccc3)cc1C)C2. The van der Waals surface area contributed by atoms with Crippen LogP contribution in [0, 0.1) is 6.92 Å². The van der Waals surface area contributed by atoms with Crippen molar-refractivity contribution < 1.29 is 27.5 Å². The molecule has 9 nitrogen and oxygen atoms in total. The molecule has 0 bridgehead atoms. The number of ether oxygens (including phenoxy) is 2. The van der Waals surface area contributed by atoms with E-state index in [0.29, 0.717) is 52.6 Å². The maximum absolute atomic E-state index is 13.8. The first-order valence-electron chi connectivity index (χ1n) is 13.4. The van der Waals surface area contributed by atoms with Crippen LogP contribution in [0.4, 0.5) is 5.69 Å². The zero-order valence-electron chi connectivity index (χ0n) is 23.1. The zero-order valence-corrected chi connectivity index (χ0v) is 24.0. The van der Waals surface area contributed by atoms with Gasteiger partial charge < -0.3 is 14.4 Å². The lowest BCUT2D eigenvalue weighted by Crippen LogP contribution is -2.32. The number of carbonyl (C=O) groups is 2. The van der Waals surface area contributed by atoms with E-state index in [1.54, 1.807) is 53.6 Å². The molecule has 2 amide bonds. The molecule has 1 N–H and O–H groups in total. The normalized spacial score (nSPS) is 12.9. The fourth-order valence-electron chi connectivity index (χ4n) is 5.19. The standard InChI is InChI=1S/C31H31N3O6S/c1-4-39-29-23-12-9-15-32-28(23)30(40-5-2)27-24(29)18-34(31(27)36)25-14-13-22(16-20(25)3)19-41(37,38)33-26(35)17-21-10-7-6-8-11-21/h6-16H,4-5,17-19H2,1-3H3,(H,33,35). The van der Waals surface area contributed by atoms with Crippen molar-refractivity contribution >= 4 is 38.4 Å². The van der Waals surface area contributed by atoms with Crippen LogP contribution >= 0.6 is 0 Å². The summed E-state index contributed by atoms with van der Waals surface area (Å²) in [6.07, 6.45) is 1.62. The van der Waals surface area contributed by atoms with Crippen LogP contribution in [0.15, 0.2) is 66.9 Å². The van der Waals surface area contributed by atoms with E-state index in [1.807, 2.05) is 39.0 Å². The number of rotatable bonds is 10. The maximum atomic E-state index is 13.8. The quantitative estimate of drug-likeness (QED) is 0.293. The second-order valence-electron chi connectivity index (χ2n) is 9.74. The highest BCUT2D eigenvalue weighted by atomic mass is 32.2. The summed E-state index contributed by atoms with van der Waals surface area (Å²) in [6, 6.07) is 17.8. The van der Waals surface area contributed by atoms with Crippen LogP contribution in [0.2, 0.25) is 0 Å². The first-order valence-corrected chi connectivity index (χ1v) is 15.0. The minimum Gasteiger partial charge on any atom is -0.493 e. The highest BCUT2D eigenvalue weighted by molar-refractivity contribution is 7.89. The Bertz CT molecular complexity index is 1740. The van der Waals surface area contributed by atoms with Gasteiger partial charge in [-0.25, -0.2) is 8.42 Å². The van der Waals surface area contributed by atoms with Crippen molar-refractivity contribution in [3.05, 3.63) is 94.7 Å². The number of anilines is 1. The highest BCUT2D eigenvalue weighted by Crippen LogP contribution is 2.45. The molecular formula is C31H31N3O6S. The number of aromatic nitrogens is 1. The molecule has 0 aliphatic carbocycles. The van der Waals surface area contributed by atoms with Crippen LogP contribution in [-0.4, -0.2) is 38.4 Å². The van der Waals surface area contributed by atoms with Crippen molar-refractivity contribution in [3.8, 4) is 11.5 Å². The van der Waals surface area contributed by atoms with Gasteiger partial charge in [0.15, 0.2) is 5.75 Å². The summed E-state index contributed by atoms with van der Waals surface area (Å²) in [7, 11) is -3.92. The number of nitrogens with zero attached hydrogens (tertiary/aromatic N) is 2. The van der Waals surface area contributed by atoms with Gasteiger partial charge in [0.2, 0.25) is 15.9 Å². The van der Waals surface area contributed by atoms with Gasteiger partial charge in [-0.05, 0) is 55.7 Å². The monoisotopic (exact) mass is 573 g/mol. The van der Waals surface area contributed by atoms with Crippen LogP contribution in [0.3, 0.4) is 0 Å². The van der Waals surface area contributed by atoms with Gasteiger partial charge in [-0.1, -0.05) is 42.5 Å². The van der Waals surface area contributed by atoms with Gasteiger partial charge in [-0.2, -0.15) is 0 Å². The zero-order chi connectivity index (χ0) is 29.1. The van der Waals surface area contributed by atoms with Crippen molar-refractivity contribution in [2.24, 2.45) is 0 Å². The predicted octanol–water partition coefficient (Wildman–Crippen LogP) is 4.69. The Morgan fingerprint density at radius 1 is 0.976 bits per heavy atom. The Morgan fingerprint density at radius 3 is 2.41 bits per heavy atom. The molecule has 10 heteroatoms. The molecule has 1 aliphatic heterocycles. The summed E-state index contributed by atoms with van der Waals surface area (Å²) in [4.78, 5) is 32.3. The lowest BCUT2D eigenvalue weighted by molar-refractivity contribution is -0.118. The van der Waals surface area contributed by atoms with E-state index in [2.05, 4.69) is 9.71 Å². The largest absolute Gasteiger partial charge is 0.493 e. The molecule has 1 aromatic heterocycles. The van der Waals surface area contributed by atoms with E-state index in [4.69, 9.17) is 9.47 Å². The maximum Gasteiger partial charge on any atom is 0.262 e. The number of sulfonamides is 1. The third-order valence-corrected chi connectivity index (χ3v) is 8.06. The molecule has 0 saturated carbocycles. The Hall–Kier alpha value is -4.44. The number of aryl methyl sites for hydroxylation is 1. The van der Waals surface area contributed by atoms with Gasteiger partial charge in [0.05, 0.1) is 37.5 Å². The van der Waals surface area contributed by atoms with Crippen LogP contribution < -0.4 is 19.1 Å². The third kappa shape index (κ3) is 5.74. The molecule has 1 aliphatic rings. The van der Waals surface area contributed by atoms with E-state index >= 15 is 0 Å². The number of fused-ring (bicyclic) bond motifs is 2. The number of nitrogens with one attached hydrogen (secondary N) is 1. The molecule has 3 aromatic carbocycles. The van der Waals surface area contributed by atoms with Crippen molar-refractivity contribution in [3.63, 3.8) is 0 Å². The Morgan fingerprint density at radius 2 is 1.71 bits per heavy atom. The molecule has 5 rings (SSSR count). The molecule has 0 spiro atoms. The summed E-state index contributed by atoms with van der Waals surface area (Å²) in [5, 5.41) is 0.776. The van der Waals surface area contributed by atoms with Gasteiger partial charge in [0, 0.05) is 22.8 Å². The molecule has 4 aromatic rings. The molecule has 0 fully saturated rings. The molecule has 0 saturated heterocycles. The predicted molar refractivity (Wildman–Crippen MR) is 157 cm³/mol. The number of carbonyl (C=O) groups excluding carboxylic acids is 2. The number of amides is 2. The number of hydrogen-bond acceptors (Lipinski definition) is 7. The first-order chi connectivity index (χ1) is 19.7. The molecule has 0 radical (unpaired) electrons. The summed E-state index contributed by atoms with van der Waals surface area (Å²) in [5.41, 5.74) is 4.30. The number of hydrogen-bond donors (Lipinski definition) is 1. The average Bonchev–Trinajstić information content (AvgIpc) is 3.27. The molecule has 2 heterocycles. The van der Waals surface area contributed by atoms with Crippen LogP contribution in [0.1, 0.15) is 46.5 Å². The third-order valence-electron chi connectivity index (χ3n) is 6.81. The lowest BCUT2D eigenvalue weighted by atomic mass is 10.0. The summed E-state index contributed by atoms with van der Waals surface area (Å²) in [5.74, 6) is -0.170. The van der Waals surface area contributed by atoms with E-state index in [-0.39, 0.29) is 24.6 Å². The van der Waals surface area contributed by atoms with Crippen LogP contribution in [0.25, 0.3) is 10.9 Å². The second kappa shape index (κ2) is 11.6. The summed E-state index contributed by atoms with van der Waals surface area (Å²) < 4.78 is 39.6. The second-order valence-corrected chi connectivity index (χ2v) is 11.5. The Balaban J connectivity index is 1.41. The van der Waals surface area contributed by atoms with E-state index in [1.165, 1.54) is 0 Å². The van der Waals surface area contributed by atoms with Crippen molar-refractivity contribution in [2.45, 2.75) is 39.5 Å². The van der Waals surface area contributed by atoms with E-state index in [9.17, 15) is 18.0 Å². The summed E-state index contributed by atoms with van der Waals surface area (Å²) in [6.45, 7) is 6.62. The fourth-order valence-corrected chi connectivity index (χ4v) is 6.30. The molecule has 41 heavy (non-hydrogen) atoms. The minimum absolute atomic E-state index is 0.0341. The van der Waals surface area contributed by atoms with Crippen molar-refractivity contribution in [2.75, 3.05) is 18.1 Å². The Kier molecular flexibility index (Phi) is 7.94. The average molecular weight is 574 g/mol. The molecule has 0 unspecified atom stereocenters. The van der Waals surface area contributed by atoms with Crippen LogP contribution in [-0.2, 0) is 33.5 Å². The first kappa shape index (κ1) is 28.1. The van der Waals surface area contributed by atoms with Gasteiger partial charge in [0.25, 0.3) is 5.91 Å². The van der Waals surface area contributed by atoms with Crippen molar-refractivity contribution in [1.29, 1.82) is 0 Å². The van der Waals surface area contributed by atoms with Gasteiger partial charge >= 0.3 is 0 Å². The smallest absolute Gasteiger partial charge is 0.262 e. The van der Waals surface area contributed by atoms with E-state index < -0.39 is 15.9 Å². The van der Waals surface area contributed by atoms with Crippen LogP contribution in [0.5, 0.6) is 11.5 Å².